The van der Waals surface area contributed by atoms with Crippen LogP contribution in [0.3, 0.4) is 0 Å². The molecule has 0 fully saturated rings. The molecule has 1 aliphatic rings. The van der Waals surface area contributed by atoms with Gasteiger partial charge in [-0.25, -0.2) is 9.18 Å². The van der Waals surface area contributed by atoms with Crippen molar-refractivity contribution < 1.29 is 23.5 Å². The van der Waals surface area contributed by atoms with Crippen molar-refractivity contribution in [1.29, 1.82) is 0 Å². The summed E-state index contributed by atoms with van der Waals surface area (Å²) in [7, 11) is 1.77. The molecule has 1 aromatic carbocycles. The number of fused-ring (bicyclic) bond motifs is 1. The van der Waals surface area contributed by atoms with Gasteiger partial charge >= 0.3 is 5.97 Å². The van der Waals surface area contributed by atoms with Crippen molar-refractivity contribution in [3.05, 3.63) is 50.9 Å². The van der Waals surface area contributed by atoms with E-state index in [1.807, 2.05) is 0 Å². The Morgan fingerprint density at radius 3 is 2.89 bits per heavy atom. The van der Waals surface area contributed by atoms with Crippen molar-refractivity contribution in [1.82, 2.24) is 14.8 Å². The largest absolute Gasteiger partial charge is 0.481 e. The van der Waals surface area contributed by atoms with Gasteiger partial charge in [-0.3, -0.25) is 4.79 Å². The summed E-state index contributed by atoms with van der Waals surface area (Å²) >= 11 is 8.74. The highest BCUT2D eigenvalue weighted by atomic mass is 35.5. The summed E-state index contributed by atoms with van der Waals surface area (Å²) in [6, 6.07) is 3.90. The molecule has 0 spiro atoms. The highest BCUT2D eigenvalue weighted by molar-refractivity contribution is 7.99. The second kappa shape index (κ2) is 11.8. The number of hydrogen-bond acceptors (Lipinski definition) is 8. The van der Waals surface area contributed by atoms with E-state index in [-0.39, 0.29) is 23.3 Å². The first-order valence-corrected chi connectivity index (χ1v) is 14.1. The zero-order valence-electron chi connectivity index (χ0n) is 21.0. The molecule has 1 amide bonds. The van der Waals surface area contributed by atoms with E-state index in [4.69, 9.17) is 21.1 Å². The van der Waals surface area contributed by atoms with Crippen LogP contribution in [0.25, 0.3) is 0 Å². The number of benzene rings is 1. The Balaban J connectivity index is 1.42. The maximum atomic E-state index is 13.3. The van der Waals surface area contributed by atoms with Crippen LogP contribution in [0, 0.1) is 11.7 Å². The number of aromatic nitrogens is 3. The van der Waals surface area contributed by atoms with E-state index in [0.717, 1.165) is 29.7 Å². The lowest BCUT2D eigenvalue weighted by molar-refractivity contribution is -0.113. The van der Waals surface area contributed by atoms with Crippen LogP contribution in [0.1, 0.15) is 59.9 Å². The molecule has 2 unspecified atom stereocenters. The van der Waals surface area contributed by atoms with E-state index >= 15 is 0 Å². The zero-order chi connectivity index (χ0) is 26.7. The van der Waals surface area contributed by atoms with Gasteiger partial charge in [-0.15, -0.1) is 21.5 Å². The van der Waals surface area contributed by atoms with Crippen LogP contribution in [0.15, 0.2) is 23.4 Å². The molecule has 8 nitrogen and oxygen atoms in total. The topological polar surface area (TPSA) is 95.3 Å². The third kappa shape index (κ3) is 6.27. The summed E-state index contributed by atoms with van der Waals surface area (Å²) in [5, 5.41) is 12.5. The molecule has 0 saturated heterocycles. The number of anilines is 1. The summed E-state index contributed by atoms with van der Waals surface area (Å²) in [5.74, 6) is 0.361. The third-order valence-corrected chi connectivity index (χ3v) is 8.49. The van der Waals surface area contributed by atoms with E-state index in [1.165, 1.54) is 41.3 Å². The number of thioether (sulfide) groups is 1. The number of halogens is 2. The minimum atomic E-state index is -0.518. The molecule has 2 atom stereocenters. The molecule has 37 heavy (non-hydrogen) atoms. The van der Waals surface area contributed by atoms with Gasteiger partial charge in [0, 0.05) is 11.9 Å². The maximum Gasteiger partial charge on any atom is 0.341 e. The average molecular weight is 567 g/mol. The van der Waals surface area contributed by atoms with Crippen molar-refractivity contribution in [2.45, 2.75) is 51.3 Å². The van der Waals surface area contributed by atoms with Gasteiger partial charge in [-0.2, -0.15) is 0 Å². The fourth-order valence-electron chi connectivity index (χ4n) is 4.17. The molecule has 4 rings (SSSR count). The molecular formula is C25H28ClFN4O4S2. The molecule has 2 aromatic heterocycles. The molecule has 198 valence electrons. The van der Waals surface area contributed by atoms with Crippen LogP contribution in [0.2, 0.25) is 5.02 Å². The third-order valence-electron chi connectivity index (χ3n) is 6.01. The van der Waals surface area contributed by atoms with E-state index in [1.54, 1.807) is 25.5 Å². The number of rotatable bonds is 9. The van der Waals surface area contributed by atoms with Gasteiger partial charge < -0.3 is 19.4 Å². The van der Waals surface area contributed by atoms with Crippen molar-refractivity contribution in [3.8, 4) is 5.75 Å². The number of thiophene rings is 1. The number of nitrogens with one attached hydrogen (secondary N) is 1. The normalized spacial score (nSPS) is 15.7. The number of carbonyl (C=O) groups excluding carboxylic acids is 2. The second-order valence-electron chi connectivity index (χ2n) is 8.85. The Hall–Kier alpha value is -2.63. The van der Waals surface area contributed by atoms with Gasteiger partial charge in [0.1, 0.15) is 16.6 Å². The number of ether oxygens (including phenoxy) is 2. The number of hydrogen-bond donors (Lipinski definition) is 1. The Labute approximate surface area is 227 Å². The Bertz CT molecular complexity index is 1310. The summed E-state index contributed by atoms with van der Waals surface area (Å²) in [4.78, 5) is 26.7. The van der Waals surface area contributed by atoms with Crippen molar-refractivity contribution in [2.75, 3.05) is 17.7 Å². The SMILES string of the molecule is CCOC(=O)c1c(NC(=O)CSc2nnc(C(C)Oc3ccc(F)cc3Cl)n2C)sc2c1CCC(C)C2. The quantitative estimate of drug-likeness (QED) is 0.257. The summed E-state index contributed by atoms with van der Waals surface area (Å²) in [5.41, 5.74) is 1.48. The number of esters is 1. The Morgan fingerprint density at radius 1 is 1.38 bits per heavy atom. The van der Waals surface area contributed by atoms with Gasteiger partial charge in [-0.1, -0.05) is 30.3 Å². The average Bonchev–Trinajstić information content (AvgIpc) is 3.38. The molecule has 0 radical (unpaired) electrons. The molecule has 12 heteroatoms. The molecule has 0 bridgehead atoms. The van der Waals surface area contributed by atoms with Gasteiger partial charge in [-0.05, 0) is 62.8 Å². The fourth-order valence-corrected chi connectivity index (χ4v) is 6.52. The van der Waals surface area contributed by atoms with Gasteiger partial charge in [0.2, 0.25) is 5.91 Å². The minimum absolute atomic E-state index is 0.0756. The maximum absolute atomic E-state index is 13.3. The highest BCUT2D eigenvalue weighted by Crippen LogP contribution is 2.40. The first kappa shape index (κ1) is 27.4. The van der Waals surface area contributed by atoms with Crippen LogP contribution in [0.4, 0.5) is 9.39 Å². The van der Waals surface area contributed by atoms with E-state index < -0.39 is 17.9 Å². The molecular weight excluding hydrogens is 539 g/mol. The van der Waals surface area contributed by atoms with Crippen LogP contribution < -0.4 is 10.1 Å². The number of amides is 1. The minimum Gasteiger partial charge on any atom is -0.481 e. The zero-order valence-corrected chi connectivity index (χ0v) is 23.4. The van der Waals surface area contributed by atoms with Crippen molar-refractivity contribution >= 4 is 51.6 Å². The summed E-state index contributed by atoms with van der Waals surface area (Å²) in [6.07, 6.45) is 2.18. The monoisotopic (exact) mass is 566 g/mol. The first-order valence-electron chi connectivity index (χ1n) is 11.9. The van der Waals surface area contributed by atoms with E-state index in [0.29, 0.717) is 33.2 Å². The second-order valence-corrected chi connectivity index (χ2v) is 11.3. The van der Waals surface area contributed by atoms with E-state index in [2.05, 4.69) is 22.4 Å². The van der Waals surface area contributed by atoms with Gasteiger partial charge in [0.25, 0.3) is 0 Å². The van der Waals surface area contributed by atoms with Crippen LogP contribution in [-0.4, -0.2) is 39.0 Å². The summed E-state index contributed by atoms with van der Waals surface area (Å²) < 4.78 is 26.2. The van der Waals surface area contributed by atoms with Crippen molar-refractivity contribution in [2.24, 2.45) is 13.0 Å². The van der Waals surface area contributed by atoms with Gasteiger partial charge in [0.15, 0.2) is 17.1 Å². The molecule has 0 aliphatic heterocycles. The predicted molar refractivity (Wildman–Crippen MR) is 142 cm³/mol. The lowest BCUT2D eigenvalue weighted by Gasteiger charge is -2.18. The molecule has 2 heterocycles. The van der Waals surface area contributed by atoms with Crippen LogP contribution in [0.5, 0.6) is 5.75 Å². The van der Waals surface area contributed by atoms with E-state index in [9.17, 15) is 14.0 Å². The lowest BCUT2D eigenvalue weighted by Crippen LogP contribution is -2.18. The standard InChI is InChI=1S/C25H28ClFN4O4S2/c1-5-34-24(33)21-16-8-6-13(2)10-19(16)37-23(21)28-20(32)12-36-25-30-29-22(31(25)4)14(3)35-18-9-7-15(27)11-17(18)26/h7,9,11,13-14H,5-6,8,10,12H2,1-4H3,(H,28,32). The molecule has 0 saturated carbocycles. The first-order chi connectivity index (χ1) is 17.7. The summed E-state index contributed by atoms with van der Waals surface area (Å²) in [6.45, 7) is 6.01. The smallest absolute Gasteiger partial charge is 0.341 e. The van der Waals surface area contributed by atoms with Gasteiger partial charge in [0.05, 0.1) is 22.9 Å². The van der Waals surface area contributed by atoms with Crippen molar-refractivity contribution in [3.63, 3.8) is 0 Å². The van der Waals surface area contributed by atoms with Crippen LogP contribution in [-0.2, 0) is 29.4 Å². The molecule has 3 aromatic rings. The van der Waals surface area contributed by atoms with Crippen LogP contribution >= 0.6 is 34.7 Å². The number of nitrogens with zero attached hydrogens (tertiary/aromatic N) is 3. The lowest BCUT2D eigenvalue weighted by atomic mass is 9.88. The Kier molecular flexibility index (Phi) is 8.76. The molecule has 1 N–H and O–H groups in total. The molecule has 1 aliphatic carbocycles. The fraction of sp³-hybridized carbons (Fsp3) is 0.440. The number of carbonyl (C=O) groups is 2. The highest BCUT2D eigenvalue weighted by Gasteiger charge is 2.29. The Morgan fingerprint density at radius 2 is 2.16 bits per heavy atom. The predicted octanol–water partition coefficient (Wildman–Crippen LogP) is 5.84.